The van der Waals surface area contributed by atoms with Gasteiger partial charge in [0.05, 0.1) is 25.2 Å². The van der Waals surface area contributed by atoms with E-state index >= 15 is 0 Å². The van der Waals surface area contributed by atoms with Crippen LogP contribution in [0.25, 0.3) is 0 Å². The van der Waals surface area contributed by atoms with Gasteiger partial charge in [-0.15, -0.1) is 0 Å². The van der Waals surface area contributed by atoms with E-state index in [0.29, 0.717) is 19.4 Å². The highest BCUT2D eigenvalue weighted by Gasteiger charge is 2.72. The van der Waals surface area contributed by atoms with E-state index in [2.05, 4.69) is 17.5 Å². The minimum Gasteiger partial charge on any atom is -0.466 e. The molecule has 6 heteroatoms. The Balaban J connectivity index is 0.00000117. The van der Waals surface area contributed by atoms with Gasteiger partial charge in [0.15, 0.2) is 0 Å². The lowest BCUT2D eigenvalue weighted by Gasteiger charge is -2.57. The Bertz CT molecular complexity index is 548. The Morgan fingerprint density at radius 3 is 2.77 bits per heavy atom. The van der Waals surface area contributed by atoms with E-state index in [4.69, 9.17) is 9.47 Å². The summed E-state index contributed by atoms with van der Waals surface area (Å²) in [6.07, 6.45) is 7.24. The van der Waals surface area contributed by atoms with Gasteiger partial charge in [-0.1, -0.05) is 32.9 Å². The van der Waals surface area contributed by atoms with Crippen molar-refractivity contribution in [1.29, 1.82) is 0 Å². The third kappa shape index (κ3) is 3.41. The van der Waals surface area contributed by atoms with Crippen LogP contribution in [0.15, 0.2) is 12.2 Å². The quantitative estimate of drug-likeness (QED) is 0.556. The van der Waals surface area contributed by atoms with Crippen molar-refractivity contribution >= 4 is 11.9 Å². The maximum absolute atomic E-state index is 12.5. The first-order valence-corrected chi connectivity index (χ1v) is 9.91. The molecule has 0 saturated carbocycles. The summed E-state index contributed by atoms with van der Waals surface area (Å²) in [6.45, 7) is 8.14. The van der Waals surface area contributed by atoms with Gasteiger partial charge in [-0.05, 0) is 32.6 Å². The van der Waals surface area contributed by atoms with Crippen molar-refractivity contribution in [1.82, 2.24) is 5.32 Å². The molecular formula is C20H33NO5. The first kappa shape index (κ1) is 20.9. The number of aliphatic hydroxyl groups is 1. The lowest BCUT2D eigenvalue weighted by atomic mass is 9.65. The number of fused-ring (bicyclic) bond motifs is 1. The Labute approximate surface area is 156 Å². The molecule has 2 aliphatic heterocycles. The molecule has 2 fully saturated rings. The van der Waals surface area contributed by atoms with Crippen LogP contribution >= 0.6 is 0 Å². The van der Waals surface area contributed by atoms with Gasteiger partial charge in [0.25, 0.3) is 0 Å². The van der Waals surface area contributed by atoms with Crippen LogP contribution in [0.3, 0.4) is 0 Å². The Morgan fingerprint density at radius 1 is 1.50 bits per heavy atom. The molecular weight excluding hydrogens is 334 g/mol. The maximum atomic E-state index is 12.5. The van der Waals surface area contributed by atoms with Gasteiger partial charge in [0.1, 0.15) is 11.1 Å². The van der Waals surface area contributed by atoms with Crippen molar-refractivity contribution in [3.8, 4) is 0 Å². The topological polar surface area (TPSA) is 84.9 Å². The third-order valence-corrected chi connectivity index (χ3v) is 5.97. The average molecular weight is 367 g/mol. The molecule has 0 bridgehead atoms. The Kier molecular flexibility index (Phi) is 6.86. The van der Waals surface area contributed by atoms with E-state index in [1.807, 2.05) is 20.8 Å². The number of rotatable bonds is 6. The molecule has 2 N–H and O–H groups in total. The second kappa shape index (κ2) is 8.53. The van der Waals surface area contributed by atoms with Crippen molar-refractivity contribution < 1.29 is 24.2 Å². The number of allylic oxidation sites excluding steroid dienone is 1. The molecule has 3 rings (SSSR count). The fourth-order valence-corrected chi connectivity index (χ4v) is 4.30. The molecule has 0 aromatic carbocycles. The highest BCUT2D eigenvalue weighted by atomic mass is 16.5. The van der Waals surface area contributed by atoms with Crippen molar-refractivity contribution in [2.45, 2.75) is 77.0 Å². The van der Waals surface area contributed by atoms with Gasteiger partial charge >= 0.3 is 5.97 Å². The van der Waals surface area contributed by atoms with E-state index in [0.717, 1.165) is 19.3 Å². The van der Waals surface area contributed by atoms with Gasteiger partial charge in [-0.3, -0.25) is 9.59 Å². The van der Waals surface area contributed by atoms with Crippen molar-refractivity contribution in [2.24, 2.45) is 11.8 Å². The minimum absolute atomic E-state index is 0.0407. The molecule has 0 spiro atoms. The number of aliphatic hydroxyl groups excluding tert-OH is 1. The first-order valence-electron chi connectivity index (χ1n) is 9.91. The summed E-state index contributed by atoms with van der Waals surface area (Å²) in [4.78, 5) is 23.8. The molecule has 26 heavy (non-hydrogen) atoms. The molecule has 0 unspecified atom stereocenters. The number of carbonyl (C=O) groups excluding carboxylic acids is 2. The third-order valence-electron chi connectivity index (χ3n) is 5.97. The molecule has 2 saturated heterocycles. The molecule has 0 aromatic heterocycles. The normalized spacial score (nSPS) is 36.1. The maximum Gasteiger partial charge on any atom is 0.305 e. The summed E-state index contributed by atoms with van der Waals surface area (Å²) >= 11 is 0. The van der Waals surface area contributed by atoms with Gasteiger partial charge in [-0.25, -0.2) is 0 Å². The summed E-state index contributed by atoms with van der Waals surface area (Å²) < 4.78 is 10.9. The zero-order valence-electron chi connectivity index (χ0n) is 16.4. The lowest BCUT2D eigenvalue weighted by Crippen LogP contribution is -2.77. The summed E-state index contributed by atoms with van der Waals surface area (Å²) in [7, 11) is 0. The van der Waals surface area contributed by atoms with E-state index < -0.39 is 23.2 Å². The monoisotopic (exact) mass is 367 g/mol. The largest absolute Gasteiger partial charge is 0.466 e. The second-order valence-electron chi connectivity index (χ2n) is 7.24. The van der Waals surface area contributed by atoms with Crippen LogP contribution in [0.1, 0.15) is 59.8 Å². The van der Waals surface area contributed by atoms with E-state index in [-0.39, 0.29) is 24.4 Å². The number of carbonyl (C=O) groups is 2. The summed E-state index contributed by atoms with van der Waals surface area (Å²) in [6, 6.07) is 0. The molecule has 1 amide bonds. The van der Waals surface area contributed by atoms with E-state index in [9.17, 15) is 14.7 Å². The average Bonchev–Trinajstić information content (AvgIpc) is 2.82. The van der Waals surface area contributed by atoms with E-state index in [1.165, 1.54) is 0 Å². The first-order chi connectivity index (χ1) is 12.4. The fraction of sp³-hybridized carbons (Fsp3) is 0.800. The summed E-state index contributed by atoms with van der Waals surface area (Å²) in [5.74, 6) is -0.773. The van der Waals surface area contributed by atoms with Crippen LogP contribution < -0.4 is 5.32 Å². The van der Waals surface area contributed by atoms with Crippen molar-refractivity contribution in [2.75, 3.05) is 13.2 Å². The molecule has 3 aliphatic rings. The fourth-order valence-electron chi connectivity index (χ4n) is 4.30. The molecule has 0 aromatic rings. The van der Waals surface area contributed by atoms with Crippen LogP contribution in [0, 0.1) is 11.8 Å². The predicted molar refractivity (Wildman–Crippen MR) is 98.4 cm³/mol. The predicted octanol–water partition coefficient (Wildman–Crippen LogP) is 2.35. The van der Waals surface area contributed by atoms with Gasteiger partial charge < -0.3 is 19.9 Å². The smallest absolute Gasteiger partial charge is 0.305 e. The molecule has 0 radical (unpaired) electrons. The molecule has 5 atom stereocenters. The van der Waals surface area contributed by atoms with Crippen molar-refractivity contribution in [3.05, 3.63) is 12.2 Å². The number of hydrogen-bond acceptors (Lipinski definition) is 5. The summed E-state index contributed by atoms with van der Waals surface area (Å²) in [5.41, 5.74) is -1.50. The highest BCUT2D eigenvalue weighted by Crippen LogP contribution is 2.52. The van der Waals surface area contributed by atoms with E-state index in [1.54, 1.807) is 6.92 Å². The number of hydrogen-bond donors (Lipinski definition) is 2. The van der Waals surface area contributed by atoms with Crippen LogP contribution in [0.4, 0.5) is 0 Å². The number of ether oxygens (including phenoxy) is 2. The molecule has 1 aliphatic carbocycles. The number of nitrogens with one attached hydrogen (secondary N) is 1. The van der Waals surface area contributed by atoms with Crippen LogP contribution in [0.2, 0.25) is 0 Å². The summed E-state index contributed by atoms with van der Waals surface area (Å²) in [5, 5.41) is 14.0. The van der Waals surface area contributed by atoms with Crippen LogP contribution in [-0.4, -0.2) is 47.4 Å². The van der Waals surface area contributed by atoms with Gasteiger partial charge in [0, 0.05) is 12.3 Å². The van der Waals surface area contributed by atoms with Crippen LogP contribution in [0.5, 0.6) is 0 Å². The molecule has 2 heterocycles. The minimum atomic E-state index is -0.757. The Hall–Kier alpha value is -1.40. The lowest BCUT2D eigenvalue weighted by molar-refractivity contribution is -0.255. The van der Waals surface area contributed by atoms with Crippen molar-refractivity contribution in [3.63, 3.8) is 0 Å². The standard InChI is InChI=1S/C18H27NO5.C2H6/c1-3-14(20)23-10-9-13-16(22)19-18(11-24-17(13,18)2)15(21)12-7-5-4-6-8-12;1-2/h5,7,12-13,15,21H,3-4,6,8-11H2,1-2H3,(H,19,22);1-2H3/t12-,13+,15+,17+,18-;/m1./s1. The van der Waals surface area contributed by atoms with Crippen LogP contribution in [-0.2, 0) is 19.1 Å². The van der Waals surface area contributed by atoms with Gasteiger partial charge in [0.2, 0.25) is 5.91 Å². The highest BCUT2D eigenvalue weighted by molar-refractivity contribution is 5.85. The zero-order chi connectivity index (χ0) is 19.4. The Morgan fingerprint density at radius 2 is 2.23 bits per heavy atom. The SMILES string of the molecule is CC.CCC(=O)OCC[C@H]1C(=O)N[C@@]2([C@@H](O)[C@@H]3C=CCCC3)CO[C@@]12C. The number of amides is 1. The zero-order valence-corrected chi connectivity index (χ0v) is 16.4. The van der Waals surface area contributed by atoms with Gasteiger partial charge in [-0.2, -0.15) is 0 Å². The number of esters is 1. The molecule has 148 valence electrons. The molecule has 6 nitrogen and oxygen atoms in total. The second-order valence-corrected chi connectivity index (χ2v) is 7.24.